The van der Waals surface area contributed by atoms with E-state index in [1.807, 2.05) is 6.07 Å². The summed E-state index contributed by atoms with van der Waals surface area (Å²) in [5, 5.41) is 2.70. The zero-order chi connectivity index (χ0) is 17.1. The molecular weight excluding hydrogens is 304 g/mol. The van der Waals surface area contributed by atoms with Gasteiger partial charge in [-0.25, -0.2) is 4.79 Å². The standard InChI is InChI=1S/C19H26N2O3/c1-13-10-16(8-9-18(13)15-6-4-3-5-7-15)21-12-17(24-19(21)23)11-20-14(2)22/h8-10,15,17H,3-7,11-12H2,1-2H3,(H,20,22)/t17-/m0/s1. The molecule has 5 heteroatoms. The van der Waals surface area contributed by atoms with E-state index in [0.29, 0.717) is 19.0 Å². The number of carbonyl (C=O) groups excluding carboxylic acids is 2. The van der Waals surface area contributed by atoms with Crippen molar-refractivity contribution in [3.8, 4) is 0 Å². The monoisotopic (exact) mass is 330 g/mol. The van der Waals surface area contributed by atoms with Crippen molar-refractivity contribution >= 4 is 17.7 Å². The molecule has 2 amide bonds. The molecule has 3 rings (SSSR count). The highest BCUT2D eigenvalue weighted by molar-refractivity contribution is 5.90. The molecule has 1 saturated heterocycles. The number of benzene rings is 1. The number of ether oxygens (including phenoxy) is 1. The Morgan fingerprint density at radius 2 is 2.04 bits per heavy atom. The van der Waals surface area contributed by atoms with Gasteiger partial charge in [-0.2, -0.15) is 0 Å². The highest BCUT2D eigenvalue weighted by Gasteiger charge is 2.32. The lowest BCUT2D eigenvalue weighted by molar-refractivity contribution is -0.119. The van der Waals surface area contributed by atoms with Gasteiger partial charge in [0.25, 0.3) is 0 Å². The summed E-state index contributed by atoms with van der Waals surface area (Å²) in [5.74, 6) is 0.544. The van der Waals surface area contributed by atoms with E-state index < -0.39 is 0 Å². The largest absolute Gasteiger partial charge is 0.442 e. The average Bonchev–Trinajstić information content (AvgIpc) is 2.94. The van der Waals surface area contributed by atoms with Crippen LogP contribution in [-0.2, 0) is 9.53 Å². The van der Waals surface area contributed by atoms with Crippen molar-refractivity contribution in [1.29, 1.82) is 0 Å². The number of nitrogens with one attached hydrogen (secondary N) is 1. The molecule has 24 heavy (non-hydrogen) atoms. The summed E-state index contributed by atoms with van der Waals surface area (Å²) < 4.78 is 5.34. The third-order valence-electron chi connectivity index (χ3n) is 5.06. The molecule has 1 aromatic rings. The zero-order valence-corrected chi connectivity index (χ0v) is 14.5. The molecule has 0 spiro atoms. The minimum absolute atomic E-state index is 0.114. The molecule has 2 aliphatic rings. The molecule has 0 radical (unpaired) electrons. The third-order valence-corrected chi connectivity index (χ3v) is 5.06. The predicted molar refractivity (Wildman–Crippen MR) is 93.3 cm³/mol. The molecule has 2 fully saturated rings. The van der Waals surface area contributed by atoms with E-state index in [4.69, 9.17) is 4.74 Å². The quantitative estimate of drug-likeness (QED) is 0.919. The summed E-state index contributed by atoms with van der Waals surface area (Å²) in [5.41, 5.74) is 3.54. The fourth-order valence-corrected chi connectivity index (χ4v) is 3.80. The van der Waals surface area contributed by atoms with Crippen LogP contribution in [0.3, 0.4) is 0 Å². The first-order chi connectivity index (χ1) is 11.5. The Hall–Kier alpha value is -2.04. The topological polar surface area (TPSA) is 58.6 Å². The summed E-state index contributed by atoms with van der Waals surface area (Å²) in [4.78, 5) is 24.8. The van der Waals surface area contributed by atoms with Crippen LogP contribution >= 0.6 is 0 Å². The summed E-state index contributed by atoms with van der Waals surface area (Å²) in [6.07, 6.45) is 5.89. The van der Waals surface area contributed by atoms with Gasteiger partial charge in [0.15, 0.2) is 0 Å². The van der Waals surface area contributed by atoms with E-state index in [0.717, 1.165) is 5.69 Å². The number of hydrogen-bond donors (Lipinski definition) is 1. The first-order valence-electron chi connectivity index (χ1n) is 8.87. The maximum atomic E-state index is 12.1. The van der Waals surface area contributed by atoms with Gasteiger partial charge in [-0.3, -0.25) is 9.69 Å². The van der Waals surface area contributed by atoms with E-state index in [1.165, 1.54) is 50.2 Å². The number of carbonyl (C=O) groups is 2. The van der Waals surface area contributed by atoms with Crippen molar-refractivity contribution in [1.82, 2.24) is 5.32 Å². The fraction of sp³-hybridized carbons (Fsp3) is 0.579. The smallest absolute Gasteiger partial charge is 0.414 e. The molecule has 1 aliphatic heterocycles. The second-order valence-electron chi connectivity index (χ2n) is 6.93. The summed E-state index contributed by atoms with van der Waals surface area (Å²) in [6.45, 7) is 4.42. The molecule has 0 unspecified atom stereocenters. The normalized spacial score (nSPS) is 21.7. The van der Waals surface area contributed by atoms with Crippen molar-refractivity contribution in [2.75, 3.05) is 18.0 Å². The molecule has 1 atom stereocenters. The maximum Gasteiger partial charge on any atom is 0.414 e. The van der Waals surface area contributed by atoms with E-state index >= 15 is 0 Å². The summed E-state index contributed by atoms with van der Waals surface area (Å²) in [7, 11) is 0. The molecule has 1 saturated carbocycles. The van der Waals surface area contributed by atoms with Gasteiger partial charge in [0.1, 0.15) is 6.10 Å². The van der Waals surface area contributed by atoms with Crippen molar-refractivity contribution in [3.05, 3.63) is 29.3 Å². The van der Waals surface area contributed by atoms with Crippen LogP contribution in [0.2, 0.25) is 0 Å². The van der Waals surface area contributed by atoms with Crippen molar-refractivity contribution in [2.45, 2.75) is 58.0 Å². The van der Waals surface area contributed by atoms with Crippen LogP contribution in [0, 0.1) is 6.92 Å². The lowest BCUT2D eigenvalue weighted by atomic mass is 9.82. The van der Waals surface area contributed by atoms with Crippen LogP contribution in [0.15, 0.2) is 18.2 Å². The van der Waals surface area contributed by atoms with Crippen molar-refractivity contribution < 1.29 is 14.3 Å². The average molecular weight is 330 g/mol. The molecule has 1 heterocycles. The van der Waals surface area contributed by atoms with E-state index in [9.17, 15) is 9.59 Å². The van der Waals surface area contributed by atoms with E-state index in [-0.39, 0.29) is 18.1 Å². The fourth-order valence-electron chi connectivity index (χ4n) is 3.80. The molecule has 0 aromatic heterocycles. The SMILES string of the molecule is CC(=O)NC[C@H]1CN(c2ccc(C3CCCCC3)c(C)c2)C(=O)O1. The minimum atomic E-state index is -0.338. The number of hydrogen-bond acceptors (Lipinski definition) is 3. The molecular formula is C19H26N2O3. The van der Waals surface area contributed by atoms with Crippen LogP contribution in [0.5, 0.6) is 0 Å². The van der Waals surface area contributed by atoms with Crippen molar-refractivity contribution in [3.63, 3.8) is 0 Å². The van der Waals surface area contributed by atoms with E-state index in [1.54, 1.807) is 4.90 Å². The second kappa shape index (κ2) is 7.24. The number of rotatable bonds is 4. The molecule has 0 bridgehead atoms. The van der Waals surface area contributed by atoms with Gasteiger partial charge in [0.05, 0.1) is 13.1 Å². The molecule has 1 aliphatic carbocycles. The van der Waals surface area contributed by atoms with Gasteiger partial charge in [-0.1, -0.05) is 25.3 Å². The minimum Gasteiger partial charge on any atom is -0.442 e. The first kappa shape index (κ1) is 16.8. The van der Waals surface area contributed by atoms with Crippen molar-refractivity contribution in [2.24, 2.45) is 0 Å². The Kier molecular flexibility index (Phi) is 5.07. The van der Waals surface area contributed by atoms with Gasteiger partial charge < -0.3 is 10.1 Å². The second-order valence-corrected chi connectivity index (χ2v) is 6.93. The molecule has 130 valence electrons. The maximum absolute atomic E-state index is 12.1. The Labute approximate surface area is 143 Å². The van der Waals surface area contributed by atoms with Crippen LogP contribution < -0.4 is 10.2 Å². The van der Waals surface area contributed by atoms with Gasteiger partial charge >= 0.3 is 6.09 Å². The van der Waals surface area contributed by atoms with Gasteiger partial charge in [-0.05, 0) is 48.9 Å². The lowest BCUT2D eigenvalue weighted by Gasteiger charge is -2.24. The lowest BCUT2D eigenvalue weighted by Crippen LogP contribution is -2.33. The number of anilines is 1. The van der Waals surface area contributed by atoms with Crippen LogP contribution in [0.1, 0.15) is 56.1 Å². The number of nitrogens with zero attached hydrogens (tertiary/aromatic N) is 1. The Morgan fingerprint density at radius 3 is 2.71 bits per heavy atom. The van der Waals surface area contributed by atoms with Crippen LogP contribution in [0.4, 0.5) is 10.5 Å². The van der Waals surface area contributed by atoms with E-state index in [2.05, 4.69) is 24.4 Å². The van der Waals surface area contributed by atoms with Crippen LogP contribution in [0.25, 0.3) is 0 Å². The highest BCUT2D eigenvalue weighted by atomic mass is 16.6. The highest BCUT2D eigenvalue weighted by Crippen LogP contribution is 2.36. The third kappa shape index (κ3) is 3.71. The Balaban J connectivity index is 1.69. The van der Waals surface area contributed by atoms with Gasteiger partial charge in [-0.15, -0.1) is 0 Å². The molecule has 1 aromatic carbocycles. The number of cyclic esters (lactones) is 1. The van der Waals surface area contributed by atoms with Gasteiger partial charge in [0.2, 0.25) is 5.91 Å². The number of amides is 2. The molecule has 5 nitrogen and oxygen atoms in total. The predicted octanol–water partition coefficient (Wildman–Crippen LogP) is 3.50. The first-order valence-corrected chi connectivity index (χ1v) is 8.87. The van der Waals surface area contributed by atoms with Crippen LogP contribution in [-0.4, -0.2) is 31.2 Å². The zero-order valence-electron chi connectivity index (χ0n) is 14.5. The number of aryl methyl sites for hydroxylation is 1. The molecule has 1 N–H and O–H groups in total. The summed E-state index contributed by atoms with van der Waals surface area (Å²) in [6, 6.07) is 6.29. The van der Waals surface area contributed by atoms with Gasteiger partial charge in [0, 0.05) is 12.6 Å². The summed E-state index contributed by atoms with van der Waals surface area (Å²) >= 11 is 0. The Morgan fingerprint density at radius 1 is 1.29 bits per heavy atom. The Bertz CT molecular complexity index is 623.